The van der Waals surface area contributed by atoms with Gasteiger partial charge >= 0.3 is 0 Å². The van der Waals surface area contributed by atoms with Crippen LogP contribution in [0.1, 0.15) is 33.4 Å². The Labute approximate surface area is 227 Å². The molecular formula is C30H27ClN2O4S. The number of carbonyl (C=O) groups excluding carboxylic acids is 1. The van der Waals surface area contributed by atoms with Gasteiger partial charge in [-0.05, 0) is 65.9 Å². The highest BCUT2D eigenvalue weighted by atomic mass is 35.5. The molecule has 1 atom stereocenters. The topological polar surface area (TPSA) is 86.7 Å². The Morgan fingerprint density at radius 2 is 1.50 bits per heavy atom. The van der Waals surface area contributed by atoms with Gasteiger partial charge in [-0.15, -0.1) is 0 Å². The van der Waals surface area contributed by atoms with Gasteiger partial charge in [0, 0.05) is 22.0 Å². The number of halogens is 1. The van der Waals surface area contributed by atoms with Crippen molar-refractivity contribution in [3.8, 4) is 5.75 Å². The van der Waals surface area contributed by atoms with Crippen molar-refractivity contribution in [2.75, 3.05) is 15.9 Å². The number of hydrogen-bond donors (Lipinski definition) is 2. The van der Waals surface area contributed by atoms with Gasteiger partial charge in [0.1, 0.15) is 11.2 Å². The molecule has 0 bridgehead atoms. The van der Waals surface area contributed by atoms with Gasteiger partial charge in [-0.3, -0.25) is 9.52 Å². The molecule has 0 saturated heterocycles. The maximum Gasteiger partial charge on any atom is 0.247 e. The first-order chi connectivity index (χ1) is 18.0. The van der Waals surface area contributed by atoms with Crippen LogP contribution in [0.5, 0.6) is 5.75 Å². The molecule has 0 saturated carbocycles. The fraction of sp³-hybridized carbons (Fsp3) is 0.167. The maximum absolute atomic E-state index is 14.7. The number of carbonyl (C=O) groups is 1. The van der Waals surface area contributed by atoms with E-state index in [2.05, 4.69) is 4.72 Å². The highest BCUT2D eigenvalue weighted by Crippen LogP contribution is 2.52. The number of amides is 1. The van der Waals surface area contributed by atoms with Gasteiger partial charge in [0.15, 0.2) is 0 Å². The lowest BCUT2D eigenvalue weighted by atomic mass is 9.69. The first-order valence-corrected chi connectivity index (χ1v) is 14.3. The van der Waals surface area contributed by atoms with E-state index in [0.717, 1.165) is 23.1 Å². The predicted octanol–water partition coefficient (Wildman–Crippen LogP) is 5.92. The van der Waals surface area contributed by atoms with Crippen LogP contribution < -0.4 is 9.62 Å². The summed E-state index contributed by atoms with van der Waals surface area (Å²) in [5, 5.41) is 11.1. The summed E-state index contributed by atoms with van der Waals surface area (Å²) in [4.78, 5) is 16.5. The molecule has 0 spiro atoms. The van der Waals surface area contributed by atoms with Crippen molar-refractivity contribution in [1.82, 2.24) is 0 Å². The first-order valence-electron chi connectivity index (χ1n) is 12.1. The van der Waals surface area contributed by atoms with Crippen molar-refractivity contribution in [2.45, 2.75) is 25.8 Å². The van der Waals surface area contributed by atoms with Crippen molar-refractivity contribution in [3.05, 3.63) is 123 Å². The Morgan fingerprint density at radius 3 is 2.13 bits per heavy atom. The highest BCUT2D eigenvalue weighted by Gasteiger charge is 2.53. The van der Waals surface area contributed by atoms with Crippen LogP contribution in [0.4, 0.5) is 11.4 Å². The number of phenols is 1. The van der Waals surface area contributed by atoms with Crippen LogP contribution in [0.2, 0.25) is 5.02 Å². The first kappa shape index (κ1) is 25.8. The number of aryl methyl sites for hydroxylation is 2. The molecule has 0 radical (unpaired) electrons. The van der Waals surface area contributed by atoms with Crippen LogP contribution in [0, 0.1) is 13.8 Å². The minimum absolute atomic E-state index is 0.160. The fourth-order valence-electron chi connectivity index (χ4n) is 5.31. The third kappa shape index (κ3) is 4.31. The lowest BCUT2D eigenvalue weighted by molar-refractivity contribution is -0.120. The molecule has 1 aliphatic heterocycles. The Balaban J connectivity index is 1.76. The molecule has 38 heavy (non-hydrogen) atoms. The minimum Gasteiger partial charge on any atom is -0.507 e. The van der Waals surface area contributed by atoms with Crippen LogP contribution in [0.3, 0.4) is 0 Å². The van der Waals surface area contributed by atoms with Crippen LogP contribution in [0.15, 0.2) is 84.9 Å². The van der Waals surface area contributed by atoms with Gasteiger partial charge in [-0.25, -0.2) is 8.42 Å². The number of nitrogens with zero attached hydrogens (tertiary/aromatic N) is 1. The largest absolute Gasteiger partial charge is 0.507 e. The number of aromatic hydroxyl groups is 1. The smallest absolute Gasteiger partial charge is 0.247 e. The summed E-state index contributed by atoms with van der Waals surface area (Å²) in [5.74, 6) is 0.0233. The SMILES string of the molecule is Cc1cc(C2(c3ccc(NS(C)(=O)=O)cc3)C(=O)N(Cc3ccccc3Cl)c3ccccc32)cc(C)c1O. The lowest BCUT2D eigenvalue weighted by Crippen LogP contribution is -2.42. The molecular weight excluding hydrogens is 520 g/mol. The van der Waals surface area contributed by atoms with Gasteiger partial charge in [0.2, 0.25) is 15.9 Å². The van der Waals surface area contributed by atoms with Crippen molar-refractivity contribution in [1.29, 1.82) is 0 Å². The normalized spacial score (nSPS) is 16.9. The van der Waals surface area contributed by atoms with Crippen LogP contribution in [-0.2, 0) is 26.8 Å². The molecule has 0 aromatic heterocycles. The van der Waals surface area contributed by atoms with E-state index in [0.29, 0.717) is 33.0 Å². The fourth-order valence-corrected chi connectivity index (χ4v) is 6.07. The Hall–Kier alpha value is -3.81. The van der Waals surface area contributed by atoms with Crippen molar-refractivity contribution in [2.24, 2.45) is 0 Å². The molecule has 0 aliphatic carbocycles. The van der Waals surface area contributed by atoms with E-state index < -0.39 is 15.4 Å². The lowest BCUT2D eigenvalue weighted by Gasteiger charge is -2.31. The zero-order valence-corrected chi connectivity index (χ0v) is 22.8. The Morgan fingerprint density at radius 1 is 0.895 bits per heavy atom. The second-order valence-electron chi connectivity index (χ2n) is 9.66. The number of para-hydroxylation sites is 1. The standard InChI is InChI=1S/C30H27ClN2O4S/c1-19-16-23(17-20(2)28(19)34)30(22-12-14-24(15-13-22)32-38(3,36)37)25-9-5-7-11-27(25)33(29(30)35)18-21-8-4-6-10-26(21)31/h4-17,32,34H,18H2,1-3H3. The van der Waals surface area contributed by atoms with E-state index in [1.165, 1.54) is 0 Å². The number of benzene rings is 4. The summed E-state index contributed by atoms with van der Waals surface area (Å²) in [6.07, 6.45) is 1.09. The van der Waals surface area contributed by atoms with Gasteiger partial charge in [0.05, 0.1) is 12.8 Å². The number of rotatable bonds is 6. The summed E-state index contributed by atoms with van der Waals surface area (Å²) in [5.41, 5.74) is 4.26. The predicted molar refractivity (Wildman–Crippen MR) is 151 cm³/mol. The van der Waals surface area contributed by atoms with Gasteiger partial charge in [-0.2, -0.15) is 0 Å². The molecule has 1 unspecified atom stereocenters. The summed E-state index contributed by atoms with van der Waals surface area (Å²) < 4.78 is 26.1. The molecule has 5 rings (SSSR count). The number of phenolic OH excluding ortho intramolecular Hbond substituents is 1. The number of hydrogen-bond acceptors (Lipinski definition) is 4. The van der Waals surface area contributed by atoms with Crippen LogP contribution >= 0.6 is 11.6 Å². The zero-order chi connectivity index (χ0) is 27.2. The Bertz CT molecular complexity index is 1650. The molecule has 8 heteroatoms. The van der Waals surface area contributed by atoms with E-state index >= 15 is 0 Å². The summed E-state index contributed by atoms with van der Waals surface area (Å²) >= 11 is 6.49. The van der Waals surface area contributed by atoms with Crippen molar-refractivity contribution in [3.63, 3.8) is 0 Å². The zero-order valence-electron chi connectivity index (χ0n) is 21.2. The Kier molecular flexibility index (Phi) is 6.45. The molecule has 1 aliphatic rings. The van der Waals surface area contributed by atoms with Crippen LogP contribution in [0.25, 0.3) is 0 Å². The molecule has 194 valence electrons. The van der Waals surface area contributed by atoms with E-state index in [4.69, 9.17) is 11.6 Å². The van der Waals surface area contributed by atoms with E-state index in [-0.39, 0.29) is 18.2 Å². The quantitative estimate of drug-likeness (QED) is 0.314. The number of fused-ring (bicyclic) bond motifs is 1. The van der Waals surface area contributed by atoms with E-state index in [1.54, 1.807) is 35.2 Å². The van der Waals surface area contributed by atoms with Gasteiger partial charge in [-0.1, -0.05) is 72.3 Å². The molecule has 0 fully saturated rings. The summed E-state index contributed by atoms with van der Waals surface area (Å²) in [6, 6.07) is 25.7. The molecule has 1 heterocycles. The van der Waals surface area contributed by atoms with Crippen molar-refractivity contribution >= 4 is 38.9 Å². The average Bonchev–Trinajstić information content (AvgIpc) is 3.11. The monoisotopic (exact) mass is 546 g/mol. The molecule has 6 nitrogen and oxygen atoms in total. The maximum atomic E-state index is 14.7. The summed E-state index contributed by atoms with van der Waals surface area (Å²) in [7, 11) is -3.46. The number of nitrogens with one attached hydrogen (secondary N) is 1. The molecule has 4 aromatic carbocycles. The summed E-state index contributed by atoms with van der Waals surface area (Å²) in [6.45, 7) is 3.90. The van der Waals surface area contributed by atoms with Crippen molar-refractivity contribution < 1.29 is 18.3 Å². The number of anilines is 2. The van der Waals surface area contributed by atoms with Gasteiger partial charge < -0.3 is 10.0 Å². The average molecular weight is 547 g/mol. The third-order valence-corrected chi connectivity index (χ3v) is 7.97. The third-order valence-electron chi connectivity index (χ3n) is 7.00. The van der Waals surface area contributed by atoms with Gasteiger partial charge in [0.25, 0.3) is 0 Å². The second kappa shape index (κ2) is 9.49. The molecule has 1 amide bonds. The van der Waals surface area contributed by atoms with E-state index in [1.807, 2.05) is 68.4 Å². The second-order valence-corrected chi connectivity index (χ2v) is 11.8. The molecule has 2 N–H and O–H groups in total. The highest BCUT2D eigenvalue weighted by molar-refractivity contribution is 7.92. The van der Waals surface area contributed by atoms with Crippen LogP contribution in [-0.4, -0.2) is 25.7 Å². The minimum atomic E-state index is -3.46. The number of sulfonamides is 1. The van der Waals surface area contributed by atoms with E-state index in [9.17, 15) is 18.3 Å². The molecule has 4 aromatic rings.